The first-order chi connectivity index (χ1) is 11.6. The van der Waals surface area contributed by atoms with Crippen molar-refractivity contribution in [3.63, 3.8) is 0 Å². The van der Waals surface area contributed by atoms with Crippen LogP contribution in [0.15, 0.2) is 77.9 Å². The summed E-state index contributed by atoms with van der Waals surface area (Å²) in [6.45, 7) is 1.71. The van der Waals surface area contributed by atoms with Crippen molar-refractivity contribution in [1.82, 2.24) is 0 Å². The average Bonchev–Trinajstić information content (AvgIpc) is 2.89. The molecule has 1 aliphatic rings. The highest BCUT2D eigenvalue weighted by atomic mass is 35.5. The quantitative estimate of drug-likeness (QED) is 0.461. The van der Waals surface area contributed by atoms with Crippen molar-refractivity contribution < 1.29 is 14.3 Å². The van der Waals surface area contributed by atoms with Gasteiger partial charge < -0.3 is 4.74 Å². The van der Waals surface area contributed by atoms with Crippen molar-refractivity contribution >= 4 is 23.4 Å². The van der Waals surface area contributed by atoms with Gasteiger partial charge in [0.05, 0.1) is 0 Å². The van der Waals surface area contributed by atoms with Crippen LogP contribution in [0.2, 0.25) is 5.02 Å². The van der Waals surface area contributed by atoms with E-state index in [0.29, 0.717) is 21.7 Å². The molecule has 0 radical (unpaired) electrons. The third kappa shape index (κ3) is 3.31. The molecule has 1 unspecified atom stereocenters. The summed E-state index contributed by atoms with van der Waals surface area (Å²) < 4.78 is 5.43. The Morgan fingerprint density at radius 1 is 1.08 bits per heavy atom. The van der Waals surface area contributed by atoms with Crippen molar-refractivity contribution in [2.75, 3.05) is 0 Å². The maximum atomic E-state index is 12.3. The third-order valence-corrected chi connectivity index (χ3v) is 4.14. The van der Waals surface area contributed by atoms with Gasteiger partial charge in [-0.05, 0) is 42.8 Å². The van der Waals surface area contributed by atoms with E-state index in [2.05, 4.69) is 0 Å². The van der Waals surface area contributed by atoms with Crippen LogP contribution < -0.4 is 0 Å². The molecule has 3 nitrogen and oxygen atoms in total. The number of benzene rings is 2. The Morgan fingerprint density at radius 2 is 1.75 bits per heavy atom. The number of carbonyl (C=O) groups is 2. The molecular formula is C20H15ClO3. The van der Waals surface area contributed by atoms with E-state index >= 15 is 0 Å². The second-order valence-electron chi connectivity index (χ2n) is 5.48. The highest BCUT2D eigenvalue weighted by Crippen LogP contribution is 2.35. The smallest absolute Gasteiger partial charge is 0.335 e. The molecule has 4 heteroatoms. The van der Waals surface area contributed by atoms with Gasteiger partial charge in [-0.15, -0.1) is 0 Å². The molecule has 0 fully saturated rings. The van der Waals surface area contributed by atoms with E-state index in [-0.39, 0.29) is 11.8 Å². The third-order valence-electron chi connectivity index (χ3n) is 3.89. The summed E-state index contributed by atoms with van der Waals surface area (Å²) in [6.07, 6.45) is 2.64. The number of ether oxygens (including phenoxy) is 1. The van der Waals surface area contributed by atoms with Crippen molar-refractivity contribution in [3.05, 3.63) is 94.0 Å². The molecule has 1 atom stereocenters. The van der Waals surface area contributed by atoms with Crippen molar-refractivity contribution in [2.45, 2.75) is 13.0 Å². The fourth-order valence-corrected chi connectivity index (χ4v) is 2.66. The van der Waals surface area contributed by atoms with Crippen LogP contribution >= 0.6 is 11.6 Å². The predicted octanol–water partition coefficient (Wildman–Crippen LogP) is 4.69. The lowest BCUT2D eigenvalue weighted by atomic mass is 9.98. The molecule has 24 heavy (non-hydrogen) atoms. The molecule has 0 saturated carbocycles. The van der Waals surface area contributed by atoms with Crippen LogP contribution in [0.4, 0.5) is 0 Å². The minimum atomic E-state index is -0.479. The number of esters is 1. The minimum Gasteiger partial charge on any atom is -0.449 e. The fourth-order valence-electron chi connectivity index (χ4n) is 2.54. The Morgan fingerprint density at radius 3 is 2.42 bits per heavy atom. The van der Waals surface area contributed by atoms with Crippen LogP contribution in [0.25, 0.3) is 0 Å². The SMILES string of the molecule is CC1=C(/C=C/C(=O)c2ccc(Cl)cc2)C(c2ccccc2)OC1=O. The van der Waals surface area contributed by atoms with Gasteiger partial charge in [0.1, 0.15) is 0 Å². The van der Waals surface area contributed by atoms with Gasteiger partial charge >= 0.3 is 5.97 Å². The molecule has 0 saturated heterocycles. The highest BCUT2D eigenvalue weighted by Gasteiger charge is 2.31. The Bertz CT molecular complexity index is 833. The van der Waals surface area contributed by atoms with Gasteiger partial charge in [-0.3, -0.25) is 4.79 Å². The Hall–Kier alpha value is -2.65. The summed E-state index contributed by atoms with van der Waals surface area (Å²) in [5.74, 6) is -0.513. The van der Waals surface area contributed by atoms with Crippen LogP contribution in [0.3, 0.4) is 0 Å². The number of ketones is 1. The van der Waals surface area contributed by atoms with E-state index in [4.69, 9.17) is 16.3 Å². The van der Waals surface area contributed by atoms with Gasteiger partial charge in [-0.25, -0.2) is 4.79 Å². The maximum Gasteiger partial charge on any atom is 0.335 e. The van der Waals surface area contributed by atoms with Gasteiger partial charge in [0.2, 0.25) is 0 Å². The molecule has 0 amide bonds. The monoisotopic (exact) mass is 338 g/mol. The maximum absolute atomic E-state index is 12.3. The molecule has 0 aromatic heterocycles. The zero-order valence-corrected chi connectivity index (χ0v) is 13.8. The minimum absolute atomic E-state index is 0.155. The summed E-state index contributed by atoms with van der Waals surface area (Å²) in [6, 6.07) is 16.1. The molecule has 1 aliphatic heterocycles. The van der Waals surface area contributed by atoms with Crippen molar-refractivity contribution in [1.29, 1.82) is 0 Å². The summed E-state index contributed by atoms with van der Waals surface area (Å²) in [5.41, 5.74) is 2.63. The average molecular weight is 339 g/mol. The lowest BCUT2D eigenvalue weighted by molar-refractivity contribution is -0.139. The molecule has 0 aliphatic carbocycles. The molecule has 0 spiro atoms. The van der Waals surface area contributed by atoms with Gasteiger partial charge in [-0.2, -0.15) is 0 Å². The van der Waals surface area contributed by atoms with Gasteiger partial charge in [0.25, 0.3) is 0 Å². The van der Waals surface area contributed by atoms with E-state index in [9.17, 15) is 9.59 Å². The number of halogens is 1. The molecule has 3 rings (SSSR count). The zero-order chi connectivity index (χ0) is 17.1. The van der Waals surface area contributed by atoms with Crippen LogP contribution in [0.5, 0.6) is 0 Å². The predicted molar refractivity (Wildman–Crippen MR) is 92.9 cm³/mol. The first-order valence-corrected chi connectivity index (χ1v) is 7.89. The summed E-state index contributed by atoms with van der Waals surface area (Å²) in [5, 5.41) is 0.577. The van der Waals surface area contributed by atoms with Gasteiger partial charge in [0, 0.05) is 21.7 Å². The van der Waals surface area contributed by atoms with E-state index in [1.807, 2.05) is 30.3 Å². The Labute approximate surface area is 145 Å². The van der Waals surface area contributed by atoms with Gasteiger partial charge in [-0.1, -0.05) is 48.0 Å². The number of hydrogen-bond acceptors (Lipinski definition) is 3. The fraction of sp³-hybridized carbons (Fsp3) is 0.100. The van der Waals surface area contributed by atoms with Gasteiger partial charge in [0.15, 0.2) is 11.9 Å². The molecule has 0 bridgehead atoms. The summed E-state index contributed by atoms with van der Waals surface area (Å²) >= 11 is 5.83. The van der Waals surface area contributed by atoms with E-state index < -0.39 is 6.10 Å². The number of carbonyl (C=O) groups excluding carboxylic acids is 2. The Kier molecular flexibility index (Phi) is 4.63. The van der Waals surface area contributed by atoms with Crippen LogP contribution in [-0.2, 0) is 9.53 Å². The molecule has 0 N–H and O–H groups in total. The van der Waals surface area contributed by atoms with E-state index in [1.165, 1.54) is 6.08 Å². The van der Waals surface area contributed by atoms with Crippen LogP contribution in [0, 0.1) is 0 Å². The molecule has 2 aromatic carbocycles. The topological polar surface area (TPSA) is 43.4 Å². The first-order valence-electron chi connectivity index (χ1n) is 7.51. The number of rotatable bonds is 4. The number of allylic oxidation sites excluding steroid dienone is 1. The first kappa shape index (κ1) is 16.2. The number of cyclic esters (lactones) is 1. The lowest BCUT2D eigenvalue weighted by Crippen LogP contribution is -2.02. The van der Waals surface area contributed by atoms with Crippen molar-refractivity contribution in [2.24, 2.45) is 0 Å². The number of hydrogen-bond donors (Lipinski definition) is 0. The Balaban J connectivity index is 1.87. The second-order valence-corrected chi connectivity index (χ2v) is 5.92. The largest absolute Gasteiger partial charge is 0.449 e. The zero-order valence-electron chi connectivity index (χ0n) is 13.0. The summed E-state index contributed by atoms with van der Waals surface area (Å²) in [4.78, 5) is 24.2. The second kappa shape index (κ2) is 6.85. The van der Waals surface area contributed by atoms with E-state index in [0.717, 1.165) is 5.56 Å². The molecular weight excluding hydrogens is 324 g/mol. The summed E-state index contributed by atoms with van der Waals surface area (Å²) in [7, 11) is 0. The highest BCUT2D eigenvalue weighted by molar-refractivity contribution is 6.30. The molecule has 120 valence electrons. The molecule has 1 heterocycles. The van der Waals surface area contributed by atoms with Crippen molar-refractivity contribution in [3.8, 4) is 0 Å². The molecule has 2 aromatic rings. The van der Waals surface area contributed by atoms with Crippen LogP contribution in [0.1, 0.15) is 28.9 Å². The van der Waals surface area contributed by atoms with Crippen LogP contribution in [-0.4, -0.2) is 11.8 Å². The lowest BCUT2D eigenvalue weighted by Gasteiger charge is -2.12. The standard InChI is InChI=1S/C20H15ClO3/c1-13-17(11-12-18(22)14-7-9-16(21)10-8-14)19(24-20(13)23)15-5-3-2-4-6-15/h2-12,19H,1H3/b12-11+. The van der Waals surface area contributed by atoms with E-state index in [1.54, 1.807) is 37.3 Å². The normalized spacial score (nSPS) is 17.4.